The molecule has 0 spiro atoms. The maximum absolute atomic E-state index is 11.7. The number of rotatable bonds is 7. The Hall–Kier alpha value is -1.72. The summed E-state index contributed by atoms with van der Waals surface area (Å²) in [6.07, 6.45) is 0.978. The number of aromatic nitrogens is 2. The highest BCUT2D eigenvalue weighted by Crippen LogP contribution is 2.26. The van der Waals surface area contributed by atoms with Gasteiger partial charge in [0.15, 0.2) is 5.82 Å². The van der Waals surface area contributed by atoms with Gasteiger partial charge in [0, 0.05) is 19.6 Å². The second-order valence-corrected chi connectivity index (χ2v) is 4.51. The number of aryl methyl sites for hydroxylation is 2. The molecule has 0 fully saturated rings. The molecule has 1 rings (SSSR count). The molecule has 0 aliphatic carbocycles. The maximum Gasteiger partial charge on any atom is 0.239 e. The summed E-state index contributed by atoms with van der Waals surface area (Å²) in [5.74, 6) is 0.860. The lowest BCUT2D eigenvalue weighted by Crippen LogP contribution is -2.38. The molecule has 0 saturated heterocycles. The molecule has 1 aromatic rings. The molecule has 0 aliphatic rings. The molecule has 0 saturated carbocycles. The van der Waals surface area contributed by atoms with E-state index in [9.17, 15) is 4.79 Å². The van der Waals surface area contributed by atoms with Gasteiger partial charge in [-0.1, -0.05) is 6.92 Å². The SMILES string of the molecule is CCCn1nc(C)c(N)c1N(CC)CC(=O)NCC. The van der Waals surface area contributed by atoms with Gasteiger partial charge in [-0.15, -0.1) is 0 Å². The van der Waals surface area contributed by atoms with Crippen LogP contribution in [-0.2, 0) is 11.3 Å². The summed E-state index contributed by atoms with van der Waals surface area (Å²) >= 11 is 0. The first kappa shape index (κ1) is 15.3. The van der Waals surface area contributed by atoms with Crippen LogP contribution in [0, 0.1) is 6.92 Å². The van der Waals surface area contributed by atoms with E-state index in [0.717, 1.165) is 31.0 Å². The number of nitrogen functional groups attached to an aromatic ring is 1. The van der Waals surface area contributed by atoms with Gasteiger partial charge in [0.2, 0.25) is 5.91 Å². The van der Waals surface area contributed by atoms with Crippen molar-refractivity contribution in [3.05, 3.63) is 5.69 Å². The van der Waals surface area contributed by atoms with Crippen LogP contribution in [0.1, 0.15) is 32.9 Å². The topological polar surface area (TPSA) is 76.2 Å². The molecule has 3 N–H and O–H groups in total. The number of hydrogen-bond donors (Lipinski definition) is 2. The minimum absolute atomic E-state index is 0.00523. The van der Waals surface area contributed by atoms with Crippen molar-refractivity contribution >= 4 is 17.4 Å². The number of amides is 1. The van der Waals surface area contributed by atoms with Gasteiger partial charge in [-0.25, -0.2) is 4.68 Å². The molecule has 1 amide bonds. The summed E-state index contributed by atoms with van der Waals surface area (Å²) < 4.78 is 1.90. The van der Waals surface area contributed by atoms with Crippen LogP contribution < -0.4 is 16.0 Å². The predicted molar refractivity (Wildman–Crippen MR) is 78.2 cm³/mol. The lowest BCUT2D eigenvalue weighted by Gasteiger charge is -2.23. The molecule has 0 aromatic carbocycles. The number of anilines is 2. The Morgan fingerprint density at radius 1 is 1.42 bits per heavy atom. The Labute approximate surface area is 114 Å². The third kappa shape index (κ3) is 3.62. The van der Waals surface area contributed by atoms with Crippen LogP contribution in [0.25, 0.3) is 0 Å². The fraction of sp³-hybridized carbons (Fsp3) is 0.692. The van der Waals surface area contributed by atoms with E-state index in [1.54, 1.807) is 0 Å². The smallest absolute Gasteiger partial charge is 0.239 e. The number of carbonyl (C=O) groups excluding carboxylic acids is 1. The monoisotopic (exact) mass is 267 g/mol. The van der Waals surface area contributed by atoms with Crippen LogP contribution in [-0.4, -0.2) is 35.3 Å². The molecule has 108 valence electrons. The highest BCUT2D eigenvalue weighted by Gasteiger charge is 2.19. The number of hydrogen-bond acceptors (Lipinski definition) is 4. The van der Waals surface area contributed by atoms with Crippen LogP contribution in [0.4, 0.5) is 11.5 Å². The summed E-state index contributed by atoms with van der Waals surface area (Å²) in [4.78, 5) is 13.7. The van der Waals surface area contributed by atoms with Crippen molar-refractivity contribution in [3.8, 4) is 0 Å². The zero-order valence-electron chi connectivity index (χ0n) is 12.4. The molecule has 0 radical (unpaired) electrons. The van der Waals surface area contributed by atoms with Gasteiger partial charge in [-0.2, -0.15) is 5.10 Å². The normalized spacial score (nSPS) is 10.5. The summed E-state index contributed by atoms with van der Waals surface area (Å²) in [6, 6.07) is 0. The van der Waals surface area contributed by atoms with Gasteiger partial charge in [-0.05, 0) is 27.2 Å². The molecule has 0 bridgehead atoms. The van der Waals surface area contributed by atoms with Crippen LogP contribution in [0.5, 0.6) is 0 Å². The van der Waals surface area contributed by atoms with E-state index < -0.39 is 0 Å². The van der Waals surface area contributed by atoms with Gasteiger partial charge in [0.1, 0.15) is 0 Å². The minimum atomic E-state index is 0.00523. The summed E-state index contributed by atoms with van der Waals surface area (Å²) in [5.41, 5.74) is 7.59. The van der Waals surface area contributed by atoms with Crippen LogP contribution >= 0.6 is 0 Å². The van der Waals surface area contributed by atoms with Crippen molar-refractivity contribution in [2.75, 3.05) is 30.3 Å². The number of carbonyl (C=O) groups is 1. The summed E-state index contributed by atoms with van der Waals surface area (Å²) in [7, 11) is 0. The third-order valence-electron chi connectivity index (χ3n) is 2.97. The number of likely N-dealkylation sites (N-methyl/N-ethyl adjacent to an activating group) is 2. The number of nitrogens with zero attached hydrogens (tertiary/aromatic N) is 3. The van der Waals surface area contributed by atoms with Crippen LogP contribution in [0.3, 0.4) is 0 Å². The Kier molecular flexibility index (Phi) is 5.66. The third-order valence-corrected chi connectivity index (χ3v) is 2.97. The molecule has 6 heteroatoms. The van der Waals surface area contributed by atoms with Crippen LogP contribution in [0.15, 0.2) is 0 Å². The first-order valence-corrected chi connectivity index (χ1v) is 6.89. The maximum atomic E-state index is 11.7. The Morgan fingerprint density at radius 2 is 2.11 bits per heavy atom. The molecule has 0 unspecified atom stereocenters. The van der Waals surface area contributed by atoms with Crippen molar-refractivity contribution in [1.82, 2.24) is 15.1 Å². The molecule has 6 nitrogen and oxygen atoms in total. The zero-order chi connectivity index (χ0) is 14.4. The van der Waals surface area contributed by atoms with Gasteiger partial charge in [0.05, 0.1) is 17.9 Å². The van der Waals surface area contributed by atoms with Gasteiger partial charge in [0.25, 0.3) is 0 Å². The summed E-state index contributed by atoms with van der Waals surface area (Å²) in [5, 5.41) is 7.25. The van der Waals surface area contributed by atoms with Crippen molar-refractivity contribution < 1.29 is 4.79 Å². The van der Waals surface area contributed by atoms with E-state index in [4.69, 9.17) is 5.73 Å². The average molecular weight is 267 g/mol. The first-order chi connectivity index (χ1) is 9.04. The Morgan fingerprint density at radius 3 is 2.63 bits per heavy atom. The van der Waals surface area contributed by atoms with E-state index in [-0.39, 0.29) is 5.91 Å². The largest absolute Gasteiger partial charge is 0.394 e. The molecule has 19 heavy (non-hydrogen) atoms. The molecular weight excluding hydrogens is 242 g/mol. The second-order valence-electron chi connectivity index (χ2n) is 4.51. The fourth-order valence-corrected chi connectivity index (χ4v) is 2.05. The quantitative estimate of drug-likeness (QED) is 0.777. The first-order valence-electron chi connectivity index (χ1n) is 6.89. The van der Waals surface area contributed by atoms with Crippen molar-refractivity contribution in [3.63, 3.8) is 0 Å². The number of nitrogens with two attached hydrogens (primary N) is 1. The van der Waals surface area contributed by atoms with Gasteiger partial charge >= 0.3 is 0 Å². The lowest BCUT2D eigenvalue weighted by atomic mass is 10.3. The highest BCUT2D eigenvalue weighted by molar-refractivity contribution is 5.82. The van der Waals surface area contributed by atoms with Crippen molar-refractivity contribution in [2.45, 2.75) is 40.7 Å². The highest BCUT2D eigenvalue weighted by atomic mass is 16.2. The van der Waals surface area contributed by atoms with E-state index >= 15 is 0 Å². The van der Waals surface area contributed by atoms with E-state index in [0.29, 0.717) is 18.8 Å². The molecule has 1 aromatic heterocycles. The minimum Gasteiger partial charge on any atom is -0.394 e. The molecule has 0 atom stereocenters. The Bertz CT molecular complexity index is 427. The molecular formula is C13H25N5O. The Balaban J connectivity index is 2.99. The summed E-state index contributed by atoms with van der Waals surface area (Å²) in [6.45, 7) is 10.4. The van der Waals surface area contributed by atoms with Gasteiger partial charge < -0.3 is 16.0 Å². The second kappa shape index (κ2) is 7.01. The van der Waals surface area contributed by atoms with Crippen molar-refractivity contribution in [1.29, 1.82) is 0 Å². The predicted octanol–water partition coefficient (Wildman–Crippen LogP) is 1.15. The fourth-order valence-electron chi connectivity index (χ4n) is 2.05. The molecule has 1 heterocycles. The number of nitrogens with one attached hydrogen (secondary N) is 1. The van der Waals surface area contributed by atoms with Crippen LogP contribution in [0.2, 0.25) is 0 Å². The van der Waals surface area contributed by atoms with Gasteiger partial charge in [-0.3, -0.25) is 4.79 Å². The van der Waals surface area contributed by atoms with E-state index in [1.165, 1.54) is 0 Å². The van der Waals surface area contributed by atoms with E-state index in [1.807, 2.05) is 30.4 Å². The van der Waals surface area contributed by atoms with Crippen molar-refractivity contribution in [2.24, 2.45) is 0 Å². The zero-order valence-corrected chi connectivity index (χ0v) is 12.4. The molecule has 0 aliphatic heterocycles. The standard InChI is InChI=1S/C13H25N5O/c1-5-8-18-13(12(14)10(4)16-18)17(7-3)9-11(19)15-6-2/h5-9,14H2,1-4H3,(H,15,19). The average Bonchev–Trinajstić information content (AvgIpc) is 2.63. The lowest BCUT2D eigenvalue weighted by molar-refractivity contribution is -0.119. The van der Waals surface area contributed by atoms with E-state index in [2.05, 4.69) is 17.3 Å².